The summed E-state index contributed by atoms with van der Waals surface area (Å²) < 4.78 is 34.2. The molecule has 2 N–H and O–H groups in total. The van der Waals surface area contributed by atoms with Crippen LogP contribution in [0.4, 0.5) is 11.4 Å². The Bertz CT molecular complexity index is 1250. The van der Waals surface area contributed by atoms with Gasteiger partial charge in [0.1, 0.15) is 12.4 Å². The first-order valence-corrected chi connectivity index (χ1v) is 11.5. The zero-order valence-electron chi connectivity index (χ0n) is 18.3. The summed E-state index contributed by atoms with van der Waals surface area (Å²) in [5.41, 5.74) is 3.72. The van der Waals surface area contributed by atoms with Crippen molar-refractivity contribution in [1.29, 1.82) is 0 Å². The van der Waals surface area contributed by atoms with Crippen LogP contribution in [0.3, 0.4) is 0 Å². The van der Waals surface area contributed by atoms with Crippen LogP contribution in [0.25, 0.3) is 0 Å². The van der Waals surface area contributed by atoms with Crippen LogP contribution in [-0.4, -0.2) is 20.9 Å². The maximum absolute atomic E-state index is 13.1. The molecule has 0 heterocycles. The van der Waals surface area contributed by atoms with Crippen LogP contribution in [0.15, 0.2) is 78.2 Å². The van der Waals surface area contributed by atoms with Crippen molar-refractivity contribution in [2.24, 2.45) is 0 Å². The van der Waals surface area contributed by atoms with Crippen LogP contribution in [0.1, 0.15) is 27.0 Å². The second-order valence-electron chi connectivity index (χ2n) is 7.48. The van der Waals surface area contributed by atoms with Crippen molar-refractivity contribution in [2.45, 2.75) is 25.7 Å². The number of carbonyl (C=O) groups is 1. The summed E-state index contributed by atoms with van der Waals surface area (Å²) in [6.45, 7) is 9.47. The van der Waals surface area contributed by atoms with Crippen LogP contribution in [-0.2, 0) is 10.0 Å². The van der Waals surface area contributed by atoms with Crippen LogP contribution >= 0.6 is 0 Å². The predicted octanol–water partition coefficient (Wildman–Crippen LogP) is 5.23. The SMILES string of the molecule is C=CCOc1ccc(NC(=O)c2ccc(C)c(S(=O)(=O)Nc3ccc(C)cc3C)c2)cc1. The van der Waals surface area contributed by atoms with E-state index in [9.17, 15) is 13.2 Å². The Kier molecular flexibility index (Phi) is 7.00. The minimum absolute atomic E-state index is 0.0540. The Labute approximate surface area is 189 Å². The number of amides is 1. The number of anilines is 2. The lowest BCUT2D eigenvalue weighted by Gasteiger charge is -2.14. The molecule has 6 nitrogen and oxygen atoms in total. The van der Waals surface area contributed by atoms with Gasteiger partial charge in [0.2, 0.25) is 0 Å². The molecule has 3 rings (SSSR count). The molecule has 0 aliphatic rings. The van der Waals surface area contributed by atoms with Crippen molar-refractivity contribution in [3.8, 4) is 5.75 Å². The fourth-order valence-corrected chi connectivity index (χ4v) is 4.55. The van der Waals surface area contributed by atoms with Crippen molar-refractivity contribution in [3.63, 3.8) is 0 Å². The van der Waals surface area contributed by atoms with Crippen LogP contribution < -0.4 is 14.8 Å². The molecule has 0 saturated heterocycles. The lowest BCUT2D eigenvalue weighted by molar-refractivity contribution is 0.102. The van der Waals surface area contributed by atoms with Crippen molar-refractivity contribution >= 4 is 27.3 Å². The third-order valence-corrected chi connectivity index (χ3v) is 6.35. The van der Waals surface area contributed by atoms with E-state index in [1.54, 1.807) is 55.5 Å². The van der Waals surface area contributed by atoms with E-state index >= 15 is 0 Å². The molecule has 3 aromatic rings. The van der Waals surface area contributed by atoms with Gasteiger partial charge < -0.3 is 10.1 Å². The minimum atomic E-state index is -3.88. The molecule has 0 saturated carbocycles. The van der Waals surface area contributed by atoms with E-state index < -0.39 is 15.9 Å². The van der Waals surface area contributed by atoms with Crippen LogP contribution in [0, 0.1) is 20.8 Å². The number of aryl methyl sites for hydroxylation is 3. The molecular weight excluding hydrogens is 424 g/mol. The minimum Gasteiger partial charge on any atom is -0.490 e. The molecule has 0 spiro atoms. The van der Waals surface area contributed by atoms with Crippen LogP contribution in [0.5, 0.6) is 5.75 Å². The topological polar surface area (TPSA) is 84.5 Å². The summed E-state index contributed by atoms with van der Waals surface area (Å²) in [6.07, 6.45) is 1.65. The maximum atomic E-state index is 13.1. The lowest BCUT2D eigenvalue weighted by atomic mass is 10.1. The highest BCUT2D eigenvalue weighted by Crippen LogP contribution is 2.24. The summed E-state index contributed by atoms with van der Waals surface area (Å²) >= 11 is 0. The molecule has 0 aliphatic heterocycles. The quantitative estimate of drug-likeness (QED) is 0.460. The van der Waals surface area contributed by atoms with E-state index in [-0.39, 0.29) is 10.5 Å². The Morgan fingerprint density at radius 1 is 0.969 bits per heavy atom. The van der Waals surface area contributed by atoms with Gasteiger partial charge in [0.05, 0.1) is 10.6 Å². The second-order valence-corrected chi connectivity index (χ2v) is 9.13. The Morgan fingerprint density at radius 3 is 2.34 bits per heavy atom. The molecular formula is C25H26N2O4S. The van der Waals surface area contributed by atoms with Crippen molar-refractivity contribution in [3.05, 3.63) is 95.6 Å². The van der Waals surface area contributed by atoms with Gasteiger partial charge in [-0.15, -0.1) is 0 Å². The second kappa shape index (κ2) is 9.70. The number of rotatable bonds is 8. The first-order chi connectivity index (χ1) is 15.2. The molecule has 32 heavy (non-hydrogen) atoms. The molecule has 1 amide bonds. The zero-order valence-corrected chi connectivity index (χ0v) is 19.1. The van der Waals surface area contributed by atoms with Gasteiger partial charge in [-0.3, -0.25) is 9.52 Å². The first kappa shape index (κ1) is 23.1. The number of hydrogen-bond donors (Lipinski definition) is 2. The number of ether oxygens (including phenoxy) is 1. The van der Waals surface area contributed by atoms with Crippen molar-refractivity contribution in [1.82, 2.24) is 0 Å². The summed E-state index contributed by atoms with van der Waals surface area (Å²) in [4.78, 5) is 12.8. The van der Waals surface area contributed by atoms with E-state index in [1.165, 1.54) is 6.07 Å². The van der Waals surface area contributed by atoms with Gasteiger partial charge in [0, 0.05) is 11.3 Å². The highest BCUT2D eigenvalue weighted by atomic mass is 32.2. The van der Waals surface area contributed by atoms with E-state index in [0.717, 1.165) is 11.1 Å². The van der Waals surface area contributed by atoms with Crippen molar-refractivity contribution in [2.75, 3.05) is 16.6 Å². The van der Waals surface area contributed by atoms with Gasteiger partial charge in [0.25, 0.3) is 15.9 Å². The fraction of sp³-hybridized carbons (Fsp3) is 0.160. The highest BCUT2D eigenvalue weighted by molar-refractivity contribution is 7.92. The predicted molar refractivity (Wildman–Crippen MR) is 128 cm³/mol. The third kappa shape index (κ3) is 5.56. The normalized spacial score (nSPS) is 11.0. The summed E-state index contributed by atoms with van der Waals surface area (Å²) in [5, 5.41) is 2.77. The molecule has 3 aromatic carbocycles. The van der Waals surface area contributed by atoms with Gasteiger partial charge in [-0.05, 0) is 74.4 Å². The van der Waals surface area contributed by atoms with E-state index in [0.29, 0.717) is 29.3 Å². The lowest BCUT2D eigenvalue weighted by Crippen LogP contribution is -2.17. The molecule has 0 aromatic heterocycles. The number of carbonyl (C=O) groups excluding carboxylic acids is 1. The number of hydrogen-bond acceptors (Lipinski definition) is 4. The molecule has 0 bridgehead atoms. The fourth-order valence-electron chi connectivity index (χ4n) is 3.15. The van der Waals surface area contributed by atoms with Gasteiger partial charge in [0.15, 0.2) is 0 Å². The summed E-state index contributed by atoms with van der Waals surface area (Å²) in [7, 11) is -3.88. The van der Waals surface area contributed by atoms with Crippen LogP contribution in [0.2, 0.25) is 0 Å². The number of sulfonamides is 1. The Morgan fingerprint density at radius 2 is 1.69 bits per heavy atom. The Balaban J connectivity index is 1.81. The molecule has 0 fully saturated rings. The van der Waals surface area contributed by atoms with Gasteiger partial charge in [-0.25, -0.2) is 8.42 Å². The zero-order chi connectivity index (χ0) is 23.3. The third-order valence-electron chi connectivity index (χ3n) is 4.85. The number of benzene rings is 3. The molecule has 0 atom stereocenters. The average molecular weight is 451 g/mol. The molecule has 166 valence electrons. The highest BCUT2D eigenvalue weighted by Gasteiger charge is 2.20. The maximum Gasteiger partial charge on any atom is 0.262 e. The van der Waals surface area contributed by atoms with E-state index in [1.807, 2.05) is 26.0 Å². The monoisotopic (exact) mass is 450 g/mol. The van der Waals surface area contributed by atoms with Gasteiger partial charge in [-0.2, -0.15) is 0 Å². The first-order valence-electron chi connectivity index (χ1n) is 10.1. The summed E-state index contributed by atoms with van der Waals surface area (Å²) in [6, 6.07) is 17.0. The van der Waals surface area contributed by atoms with E-state index in [2.05, 4.69) is 16.6 Å². The molecule has 0 radical (unpaired) electrons. The smallest absolute Gasteiger partial charge is 0.262 e. The molecule has 0 unspecified atom stereocenters. The standard InChI is InChI=1S/C25H26N2O4S/c1-5-14-31-22-11-9-21(10-12-22)26-25(28)20-8-7-18(3)24(16-20)32(29,30)27-23-13-6-17(2)15-19(23)4/h5-13,15-16,27H,1,14H2,2-4H3,(H,26,28). The summed E-state index contributed by atoms with van der Waals surface area (Å²) in [5.74, 6) is 0.247. The average Bonchev–Trinajstić information content (AvgIpc) is 2.75. The largest absolute Gasteiger partial charge is 0.490 e. The molecule has 7 heteroatoms. The van der Waals surface area contributed by atoms with Gasteiger partial charge in [-0.1, -0.05) is 36.4 Å². The van der Waals surface area contributed by atoms with Crippen molar-refractivity contribution < 1.29 is 17.9 Å². The number of nitrogens with one attached hydrogen (secondary N) is 2. The van der Waals surface area contributed by atoms with Gasteiger partial charge >= 0.3 is 0 Å². The van der Waals surface area contributed by atoms with E-state index in [4.69, 9.17) is 4.74 Å². The molecule has 0 aliphatic carbocycles. The Hall–Kier alpha value is -3.58.